The Bertz CT molecular complexity index is 1180. The molecule has 0 heterocycles. The summed E-state index contributed by atoms with van der Waals surface area (Å²) in [6, 6.07) is 36.3. The molecule has 4 aromatic rings. The Balaban J connectivity index is 1.94. The van der Waals surface area contributed by atoms with Gasteiger partial charge >= 0.3 is 0 Å². The van der Waals surface area contributed by atoms with E-state index in [9.17, 15) is 9.59 Å². The van der Waals surface area contributed by atoms with Gasteiger partial charge in [-0.2, -0.15) is 0 Å². The first kappa shape index (κ1) is 21.5. The second kappa shape index (κ2) is 9.57. The van der Waals surface area contributed by atoms with E-state index in [1.807, 2.05) is 103 Å². The maximum Gasteiger partial charge on any atom is 0.178 e. The van der Waals surface area contributed by atoms with Crippen LogP contribution in [-0.4, -0.2) is 11.6 Å². The minimum Gasteiger partial charge on any atom is -0.294 e. The normalized spacial score (nSPS) is 12.7. The van der Waals surface area contributed by atoms with Crippen molar-refractivity contribution in [3.63, 3.8) is 0 Å². The molecule has 4 rings (SSSR count). The highest BCUT2D eigenvalue weighted by molar-refractivity contribution is 6.11. The molecule has 0 aromatic heterocycles. The van der Waals surface area contributed by atoms with E-state index in [-0.39, 0.29) is 18.0 Å². The first-order valence-electron chi connectivity index (χ1n) is 11.0. The Hall–Kier alpha value is -3.78. The van der Waals surface area contributed by atoms with Crippen LogP contribution < -0.4 is 0 Å². The Morgan fingerprint density at radius 1 is 0.594 bits per heavy atom. The lowest BCUT2D eigenvalue weighted by Crippen LogP contribution is -2.39. The molecule has 2 heteroatoms. The lowest BCUT2D eigenvalue weighted by atomic mass is 9.66. The van der Waals surface area contributed by atoms with Crippen LogP contribution in [0.4, 0.5) is 0 Å². The van der Waals surface area contributed by atoms with Crippen LogP contribution in [0.15, 0.2) is 115 Å². The number of Topliss-reactive ketones (excluding diaryl/α,β-unsaturated/α-hetero) is 2. The van der Waals surface area contributed by atoms with Gasteiger partial charge in [0.1, 0.15) is 0 Å². The summed E-state index contributed by atoms with van der Waals surface area (Å²) in [5.74, 6) is -0.129. The van der Waals surface area contributed by atoms with E-state index >= 15 is 0 Å². The highest BCUT2D eigenvalue weighted by Gasteiger charge is 2.44. The van der Waals surface area contributed by atoms with Crippen molar-refractivity contribution in [2.75, 3.05) is 0 Å². The van der Waals surface area contributed by atoms with E-state index in [0.29, 0.717) is 11.1 Å². The Morgan fingerprint density at radius 3 is 1.59 bits per heavy atom. The lowest BCUT2D eigenvalue weighted by Gasteiger charge is -2.33. The molecule has 158 valence electrons. The summed E-state index contributed by atoms with van der Waals surface area (Å²) in [5.41, 5.74) is 2.93. The topological polar surface area (TPSA) is 34.1 Å². The molecular weight excluding hydrogens is 392 g/mol. The molecule has 32 heavy (non-hydrogen) atoms. The molecule has 1 atom stereocenters. The number of benzene rings is 4. The van der Waals surface area contributed by atoms with E-state index in [2.05, 4.69) is 19.1 Å². The van der Waals surface area contributed by atoms with Gasteiger partial charge in [-0.25, -0.2) is 0 Å². The van der Waals surface area contributed by atoms with E-state index in [1.165, 1.54) is 5.56 Å². The average Bonchev–Trinajstić information content (AvgIpc) is 2.88. The summed E-state index contributed by atoms with van der Waals surface area (Å²) in [5, 5.41) is 0. The number of carbonyl (C=O) groups is 2. The van der Waals surface area contributed by atoms with Crippen LogP contribution in [0.3, 0.4) is 0 Å². The van der Waals surface area contributed by atoms with Gasteiger partial charge in [0.15, 0.2) is 11.6 Å². The van der Waals surface area contributed by atoms with Gasteiger partial charge in [0.25, 0.3) is 0 Å². The molecule has 0 N–H and O–H groups in total. The van der Waals surface area contributed by atoms with Gasteiger partial charge in [-0.05, 0) is 23.1 Å². The number of rotatable bonds is 8. The Labute approximate surface area is 189 Å². The predicted octanol–water partition coefficient (Wildman–Crippen LogP) is 6.69. The largest absolute Gasteiger partial charge is 0.294 e. The molecule has 0 aliphatic carbocycles. The number of hydrogen-bond donors (Lipinski definition) is 0. The van der Waals surface area contributed by atoms with Crippen LogP contribution in [0.25, 0.3) is 0 Å². The zero-order chi connectivity index (χ0) is 22.4. The summed E-state index contributed by atoms with van der Waals surface area (Å²) in [4.78, 5) is 27.8. The van der Waals surface area contributed by atoms with Gasteiger partial charge < -0.3 is 0 Å². The molecule has 0 saturated carbocycles. The third kappa shape index (κ3) is 4.17. The molecule has 0 fully saturated rings. The van der Waals surface area contributed by atoms with Gasteiger partial charge in [-0.1, -0.05) is 122 Å². The molecule has 0 spiro atoms. The number of aryl methyl sites for hydroxylation is 1. The maximum absolute atomic E-state index is 14.2. The summed E-state index contributed by atoms with van der Waals surface area (Å²) in [6.07, 6.45) is 0.967. The minimum absolute atomic E-state index is 0.0558. The van der Waals surface area contributed by atoms with E-state index in [1.54, 1.807) is 0 Å². The first-order valence-corrected chi connectivity index (χ1v) is 11.0. The van der Waals surface area contributed by atoms with Crippen molar-refractivity contribution in [2.24, 2.45) is 0 Å². The standard InChI is InChI=1S/C30H26O2/c1-2-23-18-20-27(21-19-23)30(26-16-10-5-11-17-26,29(32)25-14-8-4-9-15-25)22-28(31)24-12-6-3-7-13-24/h3-21H,2,22H2,1H3. The minimum atomic E-state index is -1.12. The van der Waals surface area contributed by atoms with E-state index in [0.717, 1.165) is 17.5 Å². The highest BCUT2D eigenvalue weighted by atomic mass is 16.1. The van der Waals surface area contributed by atoms with Gasteiger partial charge in [-0.3, -0.25) is 9.59 Å². The molecule has 0 radical (unpaired) electrons. The molecule has 0 saturated heterocycles. The molecule has 0 aliphatic heterocycles. The van der Waals surface area contributed by atoms with Crippen LogP contribution in [0.2, 0.25) is 0 Å². The summed E-state index contributed by atoms with van der Waals surface area (Å²) < 4.78 is 0. The molecular formula is C30H26O2. The van der Waals surface area contributed by atoms with Crippen molar-refractivity contribution in [2.45, 2.75) is 25.2 Å². The third-order valence-corrected chi connectivity index (χ3v) is 6.07. The number of ketones is 2. The zero-order valence-electron chi connectivity index (χ0n) is 18.2. The van der Waals surface area contributed by atoms with Crippen LogP contribution in [-0.2, 0) is 11.8 Å². The quantitative estimate of drug-likeness (QED) is 0.299. The van der Waals surface area contributed by atoms with Gasteiger partial charge in [-0.15, -0.1) is 0 Å². The van der Waals surface area contributed by atoms with Gasteiger partial charge in [0, 0.05) is 17.5 Å². The number of carbonyl (C=O) groups excluding carboxylic acids is 2. The van der Waals surface area contributed by atoms with E-state index < -0.39 is 5.41 Å². The first-order chi connectivity index (χ1) is 15.6. The lowest BCUT2D eigenvalue weighted by molar-refractivity contribution is 0.0843. The summed E-state index contributed by atoms with van der Waals surface area (Å²) in [7, 11) is 0. The SMILES string of the molecule is CCc1ccc(C(CC(=O)c2ccccc2)(C(=O)c2ccccc2)c2ccccc2)cc1. The van der Waals surface area contributed by atoms with E-state index in [4.69, 9.17) is 0 Å². The van der Waals surface area contributed by atoms with Crippen LogP contribution in [0, 0.1) is 0 Å². The Morgan fingerprint density at radius 2 is 1.06 bits per heavy atom. The fourth-order valence-electron chi connectivity index (χ4n) is 4.26. The van der Waals surface area contributed by atoms with Crippen LogP contribution in [0.1, 0.15) is 50.8 Å². The fourth-order valence-corrected chi connectivity index (χ4v) is 4.26. The van der Waals surface area contributed by atoms with Crippen molar-refractivity contribution in [3.05, 3.63) is 143 Å². The second-order valence-electron chi connectivity index (χ2n) is 7.98. The molecule has 4 aromatic carbocycles. The fraction of sp³-hybridized carbons (Fsp3) is 0.133. The summed E-state index contributed by atoms with van der Waals surface area (Å²) >= 11 is 0. The van der Waals surface area contributed by atoms with Crippen molar-refractivity contribution in [1.29, 1.82) is 0 Å². The molecule has 0 aliphatic rings. The average molecular weight is 419 g/mol. The third-order valence-electron chi connectivity index (χ3n) is 6.07. The van der Waals surface area contributed by atoms with Crippen LogP contribution >= 0.6 is 0 Å². The molecule has 1 unspecified atom stereocenters. The second-order valence-corrected chi connectivity index (χ2v) is 7.98. The van der Waals surface area contributed by atoms with Crippen molar-refractivity contribution >= 4 is 11.6 Å². The smallest absolute Gasteiger partial charge is 0.178 e. The summed E-state index contributed by atoms with van der Waals surface area (Å²) in [6.45, 7) is 2.10. The highest BCUT2D eigenvalue weighted by Crippen LogP contribution is 2.40. The zero-order valence-corrected chi connectivity index (χ0v) is 18.2. The number of hydrogen-bond acceptors (Lipinski definition) is 2. The van der Waals surface area contributed by atoms with Crippen molar-refractivity contribution in [1.82, 2.24) is 0 Å². The Kier molecular flexibility index (Phi) is 6.42. The molecule has 0 bridgehead atoms. The van der Waals surface area contributed by atoms with Crippen molar-refractivity contribution in [3.8, 4) is 0 Å². The maximum atomic E-state index is 14.2. The predicted molar refractivity (Wildman–Crippen MR) is 129 cm³/mol. The van der Waals surface area contributed by atoms with Crippen LogP contribution in [0.5, 0.6) is 0 Å². The molecule has 0 amide bonds. The monoisotopic (exact) mass is 418 g/mol. The van der Waals surface area contributed by atoms with Gasteiger partial charge in [0.05, 0.1) is 5.41 Å². The van der Waals surface area contributed by atoms with Crippen molar-refractivity contribution < 1.29 is 9.59 Å². The van der Waals surface area contributed by atoms with Gasteiger partial charge in [0.2, 0.25) is 0 Å². The molecule has 2 nitrogen and oxygen atoms in total.